The molecule has 2 aliphatic heterocycles. The molecule has 2 fully saturated rings. The van der Waals surface area contributed by atoms with Crippen molar-refractivity contribution < 1.29 is 0 Å². The first-order valence-corrected chi connectivity index (χ1v) is 24.7. The molecule has 2 aliphatic rings. The van der Waals surface area contributed by atoms with Crippen molar-refractivity contribution in [1.29, 1.82) is 0 Å². The smallest absolute Gasteiger partial charge is 0.105 e. The van der Waals surface area contributed by atoms with E-state index >= 15 is 0 Å². The van der Waals surface area contributed by atoms with Crippen LogP contribution in [-0.4, -0.2) is 14.8 Å². The van der Waals surface area contributed by atoms with Crippen molar-refractivity contribution in [3.05, 3.63) is 293 Å². The first-order valence-electron chi connectivity index (χ1n) is 24.7. The fourth-order valence-electron chi connectivity index (χ4n) is 11.9. The van der Waals surface area contributed by atoms with E-state index in [0.29, 0.717) is 13.1 Å². The van der Waals surface area contributed by atoms with Crippen LogP contribution in [0.4, 0.5) is 0 Å². The zero-order valence-electron chi connectivity index (χ0n) is 38.9. The minimum absolute atomic E-state index is 0.00227. The van der Waals surface area contributed by atoms with Gasteiger partial charge in [0.05, 0.1) is 35.6 Å². The van der Waals surface area contributed by atoms with Crippen LogP contribution in [0.1, 0.15) is 81.3 Å². The third kappa shape index (κ3) is 7.65. The van der Waals surface area contributed by atoms with Crippen LogP contribution in [-0.2, 0) is 13.1 Å². The molecule has 0 aliphatic carbocycles. The molecule has 6 atom stereocenters. The molecular formula is C65H53N5. The van der Waals surface area contributed by atoms with Gasteiger partial charge in [-0.15, -0.1) is 0 Å². The van der Waals surface area contributed by atoms with Gasteiger partial charge in [-0.3, -0.25) is 25.4 Å². The Labute approximate surface area is 409 Å². The van der Waals surface area contributed by atoms with Gasteiger partial charge < -0.3 is 0 Å². The van der Waals surface area contributed by atoms with Gasteiger partial charge in [0.1, 0.15) is 12.3 Å². The number of rotatable bonds is 10. The van der Waals surface area contributed by atoms with Crippen LogP contribution in [0.2, 0.25) is 0 Å². The van der Waals surface area contributed by atoms with Crippen LogP contribution in [0, 0.1) is 0 Å². The third-order valence-electron chi connectivity index (χ3n) is 15.1. The van der Waals surface area contributed by atoms with Gasteiger partial charge in [0.15, 0.2) is 0 Å². The average molecular weight is 904 g/mol. The summed E-state index contributed by atoms with van der Waals surface area (Å²) in [7, 11) is 0. The number of nitrogens with zero attached hydrogens (tertiary/aromatic N) is 3. The van der Waals surface area contributed by atoms with Crippen LogP contribution in [0.3, 0.4) is 0 Å². The maximum absolute atomic E-state index is 5.87. The van der Waals surface area contributed by atoms with E-state index in [0.717, 1.165) is 11.4 Å². The zero-order valence-corrected chi connectivity index (χ0v) is 38.9. The van der Waals surface area contributed by atoms with E-state index in [9.17, 15) is 0 Å². The molecule has 10 aromatic carbocycles. The van der Waals surface area contributed by atoms with E-state index in [4.69, 9.17) is 4.98 Å². The van der Waals surface area contributed by atoms with E-state index in [-0.39, 0.29) is 36.5 Å². The molecule has 0 spiro atoms. The molecule has 1 aromatic heterocycles. The molecule has 70 heavy (non-hydrogen) atoms. The fraction of sp³-hybridized carbons (Fsp3) is 0.123. The number of aromatic nitrogens is 1. The first-order chi connectivity index (χ1) is 34.7. The molecular weight excluding hydrogens is 851 g/mol. The van der Waals surface area contributed by atoms with Gasteiger partial charge in [-0.1, -0.05) is 224 Å². The third-order valence-corrected chi connectivity index (χ3v) is 15.1. The molecule has 0 saturated carbocycles. The zero-order chi connectivity index (χ0) is 46.4. The van der Waals surface area contributed by atoms with E-state index in [1.54, 1.807) is 0 Å². The maximum atomic E-state index is 5.87. The minimum atomic E-state index is -0.222. The Morgan fingerprint density at radius 3 is 0.957 bits per heavy atom. The highest BCUT2D eigenvalue weighted by atomic mass is 15.4. The van der Waals surface area contributed by atoms with Gasteiger partial charge >= 0.3 is 0 Å². The van der Waals surface area contributed by atoms with Gasteiger partial charge in [-0.2, -0.15) is 0 Å². The Hall–Kier alpha value is -7.77. The summed E-state index contributed by atoms with van der Waals surface area (Å²) in [5, 5.41) is 18.6. The number of benzene rings is 10. The predicted molar refractivity (Wildman–Crippen MR) is 287 cm³/mol. The Bertz CT molecular complexity index is 3280. The summed E-state index contributed by atoms with van der Waals surface area (Å²) >= 11 is 0. The number of fused-ring (bicyclic) bond motifs is 4. The molecule has 0 unspecified atom stereocenters. The fourth-order valence-corrected chi connectivity index (χ4v) is 11.9. The number of hydrogen-bond donors (Lipinski definition) is 2. The second-order valence-electron chi connectivity index (χ2n) is 19.1. The Morgan fingerprint density at radius 1 is 0.314 bits per heavy atom. The second-order valence-corrected chi connectivity index (χ2v) is 19.1. The van der Waals surface area contributed by atoms with Crippen molar-refractivity contribution in [3.63, 3.8) is 0 Å². The number of nitrogens with one attached hydrogen (secondary N) is 2. The molecule has 2 N–H and O–H groups in total. The monoisotopic (exact) mass is 903 g/mol. The summed E-state index contributed by atoms with van der Waals surface area (Å²) in [6.07, 6.45) is -0.445. The summed E-state index contributed by atoms with van der Waals surface area (Å²) in [6.45, 7) is 1.42. The summed E-state index contributed by atoms with van der Waals surface area (Å²) in [6, 6.07) is 91.1. The lowest BCUT2D eigenvalue weighted by atomic mass is 9.92. The van der Waals surface area contributed by atoms with E-state index in [1.807, 2.05) is 0 Å². The van der Waals surface area contributed by atoms with Crippen molar-refractivity contribution in [2.75, 3.05) is 0 Å². The predicted octanol–water partition coefficient (Wildman–Crippen LogP) is 14.9. The standard InChI is InChI=1S/C65H53N5/c1-5-22-44(23-6-1)60-62(46-26-9-3-10-27-46)69(42-56-52-34-17-13-30-48(52)40-49-31-14-18-35-53(49)56)64(67-60)58-38-21-39-59(66-58)65-68-61(45-24-7-2-8-25-45)63(47-28-11-4-12-29-47)70(65)43-57-54-36-19-15-32-50(54)41-51-33-16-20-37-55(51)57/h1-41,60-65,67-68H,42-43H2/t60-,61-,62-,63-,64+,65+/m0/s1. The number of pyridine rings is 1. The van der Waals surface area contributed by atoms with Crippen molar-refractivity contribution in [2.24, 2.45) is 0 Å². The van der Waals surface area contributed by atoms with Crippen molar-refractivity contribution in [3.8, 4) is 0 Å². The van der Waals surface area contributed by atoms with Crippen LogP contribution >= 0.6 is 0 Å². The maximum Gasteiger partial charge on any atom is 0.105 e. The SMILES string of the molecule is c1ccc([C@@H]2N[C@@H](c3cccc([C@@H]4N[C@@H](c5ccccc5)[C@H](c5ccccc5)N4Cc4c5ccccc5cc5ccccc45)n3)N(Cc3c4ccccc4cc4ccccc34)[C@H]2c2ccccc2)cc1. The summed E-state index contributed by atoms with van der Waals surface area (Å²) in [4.78, 5) is 11.3. The average Bonchev–Trinajstić information content (AvgIpc) is 4.01. The summed E-state index contributed by atoms with van der Waals surface area (Å²) < 4.78 is 0. The molecule has 0 amide bonds. The highest BCUT2D eigenvalue weighted by Gasteiger charge is 2.46. The number of hydrogen-bond acceptors (Lipinski definition) is 5. The Kier molecular flexibility index (Phi) is 11.1. The van der Waals surface area contributed by atoms with E-state index < -0.39 is 0 Å². The van der Waals surface area contributed by atoms with E-state index in [2.05, 4.69) is 269 Å². The molecule has 0 bridgehead atoms. The van der Waals surface area contributed by atoms with E-state index in [1.165, 1.54) is 76.5 Å². The van der Waals surface area contributed by atoms with Gasteiger partial charge in [0.2, 0.25) is 0 Å². The summed E-state index contributed by atoms with van der Waals surface area (Å²) in [5.74, 6) is 0. The van der Waals surface area contributed by atoms with Crippen LogP contribution in [0.25, 0.3) is 43.1 Å². The lowest BCUT2D eigenvalue weighted by Crippen LogP contribution is -2.32. The van der Waals surface area contributed by atoms with Gasteiger partial charge in [-0.05, 0) is 101 Å². The summed E-state index contributed by atoms with van der Waals surface area (Å²) in [5.41, 5.74) is 9.71. The minimum Gasteiger partial charge on any atom is -0.288 e. The van der Waals surface area contributed by atoms with Crippen LogP contribution in [0.5, 0.6) is 0 Å². The first kappa shape index (κ1) is 42.3. The highest BCUT2D eigenvalue weighted by Crippen LogP contribution is 2.50. The molecule has 13 rings (SSSR count). The van der Waals surface area contributed by atoms with Crippen molar-refractivity contribution in [2.45, 2.75) is 49.6 Å². The Balaban J connectivity index is 0.988. The molecule has 3 heterocycles. The molecule has 5 heteroatoms. The molecule has 5 nitrogen and oxygen atoms in total. The van der Waals surface area contributed by atoms with Crippen LogP contribution < -0.4 is 10.6 Å². The quantitative estimate of drug-likeness (QED) is 0.134. The molecule has 0 radical (unpaired) electrons. The molecule has 11 aromatic rings. The normalized spacial score (nSPS) is 20.7. The largest absolute Gasteiger partial charge is 0.288 e. The van der Waals surface area contributed by atoms with Gasteiger partial charge in [0, 0.05) is 13.1 Å². The molecule has 2 saturated heterocycles. The Morgan fingerprint density at radius 2 is 0.614 bits per heavy atom. The lowest BCUT2D eigenvalue weighted by molar-refractivity contribution is 0.167. The van der Waals surface area contributed by atoms with Crippen molar-refractivity contribution >= 4 is 43.1 Å². The topological polar surface area (TPSA) is 43.4 Å². The second kappa shape index (κ2) is 18.3. The highest BCUT2D eigenvalue weighted by molar-refractivity contribution is 6.03. The van der Waals surface area contributed by atoms with Gasteiger partial charge in [-0.25, -0.2) is 0 Å². The van der Waals surface area contributed by atoms with Crippen molar-refractivity contribution in [1.82, 2.24) is 25.4 Å². The van der Waals surface area contributed by atoms with Gasteiger partial charge in [0.25, 0.3) is 0 Å². The lowest BCUT2D eigenvalue weighted by Gasteiger charge is -2.33. The van der Waals surface area contributed by atoms with Crippen LogP contribution in [0.15, 0.2) is 249 Å². The molecule has 338 valence electrons.